The summed E-state index contributed by atoms with van der Waals surface area (Å²) in [4.78, 5) is 0. The lowest BCUT2D eigenvalue weighted by Crippen LogP contribution is -2.33. The lowest BCUT2D eigenvalue weighted by Gasteiger charge is -2.05. The fourth-order valence-electron chi connectivity index (χ4n) is 0.404. The summed E-state index contributed by atoms with van der Waals surface area (Å²) in [5.74, 6) is 0. The highest BCUT2D eigenvalue weighted by molar-refractivity contribution is 7.89. The van der Waals surface area contributed by atoms with Crippen molar-refractivity contribution in [2.45, 2.75) is 12.2 Å². The molecule has 0 aliphatic carbocycles. The SMILES string of the molecule is CNC[C@H](C)S(N)(=O)=O. The monoisotopic (exact) mass is 152 g/mol. The molecule has 3 N–H and O–H groups in total. The van der Waals surface area contributed by atoms with Crippen LogP contribution in [0.3, 0.4) is 0 Å². The molecule has 56 valence electrons. The molecule has 0 aromatic heterocycles. The Labute approximate surface area is 55.5 Å². The van der Waals surface area contributed by atoms with Gasteiger partial charge in [-0.15, -0.1) is 0 Å². The van der Waals surface area contributed by atoms with E-state index in [-0.39, 0.29) is 0 Å². The minimum Gasteiger partial charge on any atom is -0.318 e. The number of primary sulfonamides is 1. The summed E-state index contributed by atoms with van der Waals surface area (Å²) in [5, 5.41) is 7.01. The van der Waals surface area contributed by atoms with Crippen molar-refractivity contribution in [3.8, 4) is 0 Å². The second-order valence-electron chi connectivity index (χ2n) is 1.96. The van der Waals surface area contributed by atoms with E-state index in [1.165, 1.54) is 0 Å². The Balaban J connectivity index is 3.90. The Morgan fingerprint density at radius 2 is 2.11 bits per heavy atom. The van der Waals surface area contributed by atoms with Crippen molar-refractivity contribution in [2.75, 3.05) is 13.6 Å². The van der Waals surface area contributed by atoms with Gasteiger partial charge in [-0.1, -0.05) is 0 Å². The molecule has 0 bridgehead atoms. The molecule has 0 fully saturated rings. The fourth-order valence-corrected chi connectivity index (χ4v) is 0.803. The van der Waals surface area contributed by atoms with Crippen molar-refractivity contribution in [2.24, 2.45) is 5.14 Å². The fraction of sp³-hybridized carbons (Fsp3) is 1.00. The molecule has 0 heterocycles. The van der Waals surface area contributed by atoms with Crippen LogP contribution in [0.4, 0.5) is 0 Å². The molecule has 0 aromatic carbocycles. The molecule has 0 rings (SSSR count). The van der Waals surface area contributed by atoms with Crippen LogP contribution in [0.15, 0.2) is 0 Å². The first-order valence-corrected chi connectivity index (χ1v) is 4.25. The number of hydrogen-bond acceptors (Lipinski definition) is 3. The molecule has 0 saturated heterocycles. The average Bonchev–Trinajstić information content (AvgIpc) is 1.64. The van der Waals surface area contributed by atoms with Crippen LogP contribution in [0.2, 0.25) is 0 Å². The van der Waals surface area contributed by atoms with E-state index < -0.39 is 15.3 Å². The van der Waals surface area contributed by atoms with Crippen LogP contribution in [0, 0.1) is 0 Å². The van der Waals surface area contributed by atoms with Crippen molar-refractivity contribution >= 4 is 10.0 Å². The van der Waals surface area contributed by atoms with Gasteiger partial charge in [0.05, 0.1) is 5.25 Å². The van der Waals surface area contributed by atoms with Gasteiger partial charge in [0.1, 0.15) is 0 Å². The molecule has 9 heavy (non-hydrogen) atoms. The van der Waals surface area contributed by atoms with Gasteiger partial charge in [0, 0.05) is 6.54 Å². The van der Waals surface area contributed by atoms with Gasteiger partial charge in [0.15, 0.2) is 0 Å². The number of nitrogens with two attached hydrogens (primary N) is 1. The molecule has 0 aliphatic heterocycles. The van der Waals surface area contributed by atoms with E-state index in [1.54, 1.807) is 14.0 Å². The van der Waals surface area contributed by atoms with Crippen molar-refractivity contribution in [3.63, 3.8) is 0 Å². The Kier molecular flexibility index (Phi) is 3.10. The molecule has 0 aromatic rings. The zero-order valence-corrected chi connectivity index (χ0v) is 6.40. The van der Waals surface area contributed by atoms with Gasteiger partial charge in [-0.3, -0.25) is 0 Å². The maximum Gasteiger partial charge on any atom is 0.212 e. The van der Waals surface area contributed by atoms with Crippen LogP contribution in [-0.4, -0.2) is 27.3 Å². The zero-order chi connectivity index (χ0) is 7.49. The van der Waals surface area contributed by atoms with Crippen LogP contribution < -0.4 is 10.5 Å². The van der Waals surface area contributed by atoms with Gasteiger partial charge in [-0.25, -0.2) is 13.6 Å². The van der Waals surface area contributed by atoms with Crippen LogP contribution in [0.1, 0.15) is 6.92 Å². The van der Waals surface area contributed by atoms with E-state index in [0.29, 0.717) is 6.54 Å². The summed E-state index contributed by atoms with van der Waals surface area (Å²) in [7, 11) is -1.65. The standard InChI is InChI=1S/C4H12N2O2S/c1-4(3-6-2)9(5,7)8/h4,6H,3H2,1-2H3,(H2,5,7,8)/t4-/m0/s1. The van der Waals surface area contributed by atoms with Crippen LogP contribution in [0.25, 0.3) is 0 Å². The van der Waals surface area contributed by atoms with Crippen molar-refractivity contribution in [1.29, 1.82) is 0 Å². The van der Waals surface area contributed by atoms with Crippen LogP contribution in [0.5, 0.6) is 0 Å². The highest BCUT2D eigenvalue weighted by Crippen LogP contribution is 1.89. The molecular formula is C4H12N2O2S. The van der Waals surface area contributed by atoms with E-state index in [2.05, 4.69) is 5.32 Å². The van der Waals surface area contributed by atoms with E-state index >= 15 is 0 Å². The second kappa shape index (κ2) is 3.14. The van der Waals surface area contributed by atoms with E-state index in [4.69, 9.17) is 5.14 Å². The minimum atomic E-state index is -3.33. The number of rotatable bonds is 3. The number of hydrogen-bond donors (Lipinski definition) is 2. The Bertz CT molecular complexity index is 163. The molecule has 0 amide bonds. The van der Waals surface area contributed by atoms with Crippen molar-refractivity contribution < 1.29 is 8.42 Å². The quantitative estimate of drug-likeness (QED) is 0.538. The predicted octanol–water partition coefficient (Wildman–Crippen LogP) is -1.12. The van der Waals surface area contributed by atoms with Gasteiger partial charge in [-0.2, -0.15) is 0 Å². The summed E-state index contributed by atoms with van der Waals surface area (Å²) >= 11 is 0. The third kappa shape index (κ3) is 3.45. The summed E-state index contributed by atoms with van der Waals surface area (Å²) < 4.78 is 20.9. The molecule has 0 spiro atoms. The van der Waals surface area contributed by atoms with Crippen molar-refractivity contribution in [3.05, 3.63) is 0 Å². The molecular weight excluding hydrogens is 140 g/mol. The zero-order valence-electron chi connectivity index (χ0n) is 5.59. The summed E-state index contributed by atoms with van der Waals surface area (Å²) in [6.07, 6.45) is 0. The van der Waals surface area contributed by atoms with Crippen LogP contribution in [-0.2, 0) is 10.0 Å². The first-order chi connectivity index (χ1) is 3.98. The van der Waals surface area contributed by atoms with Gasteiger partial charge in [0.2, 0.25) is 10.0 Å². The molecule has 0 unspecified atom stereocenters. The number of nitrogens with one attached hydrogen (secondary N) is 1. The maximum absolute atomic E-state index is 10.5. The summed E-state index contributed by atoms with van der Waals surface area (Å²) in [6.45, 7) is 1.96. The van der Waals surface area contributed by atoms with Gasteiger partial charge >= 0.3 is 0 Å². The van der Waals surface area contributed by atoms with Crippen LogP contribution >= 0.6 is 0 Å². The lowest BCUT2D eigenvalue weighted by atomic mass is 10.5. The first-order valence-electron chi connectivity index (χ1n) is 2.64. The Hall–Kier alpha value is -0.130. The van der Waals surface area contributed by atoms with Crippen molar-refractivity contribution in [1.82, 2.24) is 5.32 Å². The minimum absolute atomic E-state index is 0.402. The van der Waals surface area contributed by atoms with E-state index in [0.717, 1.165) is 0 Å². The summed E-state index contributed by atoms with van der Waals surface area (Å²) in [6, 6.07) is 0. The Morgan fingerprint density at radius 1 is 1.67 bits per heavy atom. The highest BCUT2D eigenvalue weighted by Gasteiger charge is 2.12. The lowest BCUT2D eigenvalue weighted by molar-refractivity contribution is 0.580. The molecule has 4 nitrogen and oxygen atoms in total. The van der Waals surface area contributed by atoms with E-state index in [1.807, 2.05) is 0 Å². The molecule has 1 atom stereocenters. The van der Waals surface area contributed by atoms with E-state index in [9.17, 15) is 8.42 Å². The normalized spacial score (nSPS) is 15.4. The topological polar surface area (TPSA) is 72.2 Å². The third-order valence-electron chi connectivity index (χ3n) is 1.05. The average molecular weight is 152 g/mol. The van der Waals surface area contributed by atoms with Gasteiger partial charge < -0.3 is 5.32 Å². The molecule has 0 saturated carbocycles. The third-order valence-corrected chi connectivity index (χ3v) is 2.34. The van der Waals surface area contributed by atoms with Gasteiger partial charge in [-0.05, 0) is 14.0 Å². The smallest absolute Gasteiger partial charge is 0.212 e. The largest absolute Gasteiger partial charge is 0.318 e. The molecule has 5 heteroatoms. The highest BCUT2D eigenvalue weighted by atomic mass is 32.2. The molecule has 0 aliphatic rings. The molecule has 0 radical (unpaired) electrons. The number of sulfonamides is 1. The van der Waals surface area contributed by atoms with Gasteiger partial charge in [0.25, 0.3) is 0 Å². The Morgan fingerprint density at radius 3 is 2.22 bits per heavy atom. The first kappa shape index (κ1) is 8.87. The summed E-state index contributed by atoms with van der Waals surface area (Å²) in [5.41, 5.74) is 0. The maximum atomic E-state index is 10.5. The predicted molar refractivity (Wildman–Crippen MR) is 36.5 cm³/mol. The second-order valence-corrected chi connectivity index (χ2v) is 3.94.